The number of methoxy groups -OCH3 is 1. The van der Waals surface area contributed by atoms with Gasteiger partial charge in [-0.1, -0.05) is 0 Å². The van der Waals surface area contributed by atoms with E-state index in [0.29, 0.717) is 34.2 Å². The van der Waals surface area contributed by atoms with Crippen LogP contribution in [0.3, 0.4) is 0 Å². The first-order valence-corrected chi connectivity index (χ1v) is 6.36. The van der Waals surface area contributed by atoms with E-state index in [0.717, 1.165) is 6.21 Å². The largest absolute Gasteiger partial charge is 0.494 e. The number of anilines is 3. The van der Waals surface area contributed by atoms with E-state index in [1.807, 2.05) is 0 Å². The summed E-state index contributed by atoms with van der Waals surface area (Å²) in [6.45, 7) is 0. The molecule has 0 radical (unpaired) electrons. The van der Waals surface area contributed by atoms with Gasteiger partial charge < -0.3 is 26.2 Å². The van der Waals surface area contributed by atoms with Crippen LogP contribution in [-0.4, -0.2) is 28.3 Å². The summed E-state index contributed by atoms with van der Waals surface area (Å²) >= 11 is 0. The number of nitrogens with zero attached hydrogens (tertiary/aromatic N) is 2. The summed E-state index contributed by atoms with van der Waals surface area (Å²) in [6.07, 6.45) is 3.67. The highest BCUT2D eigenvalue weighted by molar-refractivity contribution is 5.93. The van der Waals surface area contributed by atoms with Crippen molar-refractivity contribution >= 4 is 34.4 Å². The van der Waals surface area contributed by atoms with Gasteiger partial charge in [0.25, 0.3) is 0 Å². The maximum Gasteiger partial charge on any atom is 0.153 e. The van der Waals surface area contributed by atoms with Crippen molar-refractivity contribution in [2.24, 2.45) is 0 Å². The average Bonchev–Trinajstić information content (AvgIpc) is 2.91. The number of aromatic amines is 1. The maximum absolute atomic E-state index is 13.9. The average molecular weight is 300 g/mol. The molecule has 2 heterocycles. The molecular formula is C14H13FN6O. The first-order valence-electron chi connectivity index (χ1n) is 6.36. The Labute approximate surface area is 124 Å². The van der Waals surface area contributed by atoms with Crippen LogP contribution >= 0.6 is 0 Å². The lowest BCUT2D eigenvalue weighted by Crippen LogP contribution is -2.02. The number of nitrogen functional groups attached to an aromatic ring is 1. The van der Waals surface area contributed by atoms with E-state index in [9.17, 15) is 4.39 Å². The summed E-state index contributed by atoms with van der Waals surface area (Å²) in [4.78, 5) is 10.7. The number of halogens is 1. The highest BCUT2D eigenvalue weighted by Gasteiger charge is 2.14. The first-order chi connectivity index (χ1) is 10.6. The van der Waals surface area contributed by atoms with Crippen molar-refractivity contribution in [1.29, 1.82) is 5.41 Å². The van der Waals surface area contributed by atoms with Crippen molar-refractivity contribution in [2.75, 3.05) is 18.2 Å². The third kappa shape index (κ3) is 2.20. The fourth-order valence-electron chi connectivity index (χ4n) is 2.15. The lowest BCUT2D eigenvalue weighted by molar-refractivity contribution is 0.417. The van der Waals surface area contributed by atoms with Gasteiger partial charge in [0, 0.05) is 29.7 Å². The molecule has 1 aromatic carbocycles. The molecule has 8 heteroatoms. The van der Waals surface area contributed by atoms with Gasteiger partial charge >= 0.3 is 0 Å². The van der Waals surface area contributed by atoms with Gasteiger partial charge in [0.05, 0.1) is 18.2 Å². The van der Waals surface area contributed by atoms with Gasteiger partial charge in [-0.15, -0.1) is 0 Å². The predicted octanol–water partition coefficient (Wildman–Crippen LogP) is 2.43. The molecule has 0 amide bonds. The Kier molecular flexibility index (Phi) is 3.34. The van der Waals surface area contributed by atoms with Gasteiger partial charge in [0.1, 0.15) is 23.5 Å². The summed E-state index contributed by atoms with van der Waals surface area (Å²) in [5.41, 5.74) is 7.66. The zero-order valence-electron chi connectivity index (χ0n) is 11.6. The predicted molar refractivity (Wildman–Crippen MR) is 82.4 cm³/mol. The molecular weight excluding hydrogens is 287 g/mol. The van der Waals surface area contributed by atoms with Crippen LogP contribution in [0.2, 0.25) is 0 Å². The third-order valence-electron chi connectivity index (χ3n) is 3.24. The molecule has 0 saturated heterocycles. The van der Waals surface area contributed by atoms with Crippen molar-refractivity contribution in [2.45, 2.75) is 0 Å². The van der Waals surface area contributed by atoms with E-state index in [-0.39, 0.29) is 5.39 Å². The second kappa shape index (κ2) is 5.32. The van der Waals surface area contributed by atoms with E-state index in [1.165, 1.54) is 19.6 Å². The minimum Gasteiger partial charge on any atom is -0.494 e. The van der Waals surface area contributed by atoms with Gasteiger partial charge in [-0.25, -0.2) is 14.4 Å². The van der Waals surface area contributed by atoms with Crippen molar-refractivity contribution in [3.8, 4) is 5.75 Å². The van der Waals surface area contributed by atoms with Gasteiger partial charge in [-0.3, -0.25) is 0 Å². The fourth-order valence-corrected chi connectivity index (χ4v) is 2.15. The zero-order valence-corrected chi connectivity index (χ0v) is 11.6. The molecule has 5 N–H and O–H groups in total. The van der Waals surface area contributed by atoms with Crippen LogP contribution in [0.25, 0.3) is 11.0 Å². The molecule has 0 spiro atoms. The van der Waals surface area contributed by atoms with Crippen molar-refractivity contribution in [3.05, 3.63) is 36.0 Å². The number of H-pyrrole nitrogens is 1. The van der Waals surface area contributed by atoms with Crippen LogP contribution in [0.15, 0.2) is 24.7 Å². The molecule has 0 aliphatic rings. The maximum atomic E-state index is 13.9. The molecule has 3 rings (SSSR count). The Hall–Kier alpha value is -3.16. The molecule has 0 saturated carbocycles. The minimum absolute atomic E-state index is 0.248. The Balaban J connectivity index is 2.12. The van der Waals surface area contributed by atoms with Crippen molar-refractivity contribution in [3.63, 3.8) is 0 Å². The Morgan fingerprint density at radius 2 is 2.23 bits per heavy atom. The van der Waals surface area contributed by atoms with Crippen LogP contribution in [0.4, 0.5) is 21.6 Å². The number of nitrogens with one attached hydrogen (secondary N) is 3. The second-order valence-electron chi connectivity index (χ2n) is 4.53. The Morgan fingerprint density at radius 1 is 1.41 bits per heavy atom. The molecule has 0 aliphatic carbocycles. The molecule has 0 fully saturated rings. The molecule has 0 aliphatic heterocycles. The lowest BCUT2D eigenvalue weighted by atomic mass is 10.1. The summed E-state index contributed by atoms with van der Waals surface area (Å²) < 4.78 is 19.1. The molecule has 0 unspecified atom stereocenters. The third-order valence-corrected chi connectivity index (χ3v) is 3.24. The standard InChI is InChI=1S/C14H13FN6O/c1-22-11-3-9(17)7(4-16)2-10(11)21-14-12-8(15)5-18-13(12)19-6-20-14/h2-6,16H,17H2,1H3,(H2,18,19,20,21). The van der Waals surface area contributed by atoms with Crippen molar-refractivity contribution in [1.82, 2.24) is 15.0 Å². The quantitative estimate of drug-likeness (QED) is 0.436. The van der Waals surface area contributed by atoms with Crippen LogP contribution in [0, 0.1) is 11.2 Å². The van der Waals surface area contributed by atoms with Gasteiger partial charge in [-0.05, 0) is 6.07 Å². The number of fused-ring (bicyclic) bond motifs is 1. The second-order valence-corrected chi connectivity index (χ2v) is 4.53. The summed E-state index contributed by atoms with van der Waals surface area (Å²) in [5, 5.41) is 10.6. The molecule has 0 bridgehead atoms. The smallest absolute Gasteiger partial charge is 0.153 e. The number of ether oxygens (including phenoxy) is 1. The van der Waals surface area contributed by atoms with E-state index < -0.39 is 5.82 Å². The monoisotopic (exact) mass is 300 g/mol. The first kappa shape index (κ1) is 13.8. The molecule has 7 nitrogen and oxygen atoms in total. The summed E-state index contributed by atoms with van der Waals surface area (Å²) in [5.74, 6) is 0.299. The van der Waals surface area contributed by atoms with Gasteiger partial charge in [0.15, 0.2) is 5.82 Å². The number of rotatable bonds is 4. The van der Waals surface area contributed by atoms with E-state index in [1.54, 1.807) is 12.1 Å². The van der Waals surface area contributed by atoms with Crippen LogP contribution in [0.5, 0.6) is 5.75 Å². The molecule has 112 valence electrons. The number of benzene rings is 1. The number of aromatic nitrogens is 3. The zero-order chi connectivity index (χ0) is 15.7. The highest BCUT2D eigenvalue weighted by atomic mass is 19.1. The van der Waals surface area contributed by atoms with Crippen LogP contribution in [-0.2, 0) is 0 Å². The van der Waals surface area contributed by atoms with Crippen LogP contribution < -0.4 is 15.8 Å². The normalized spacial score (nSPS) is 10.6. The lowest BCUT2D eigenvalue weighted by Gasteiger charge is -2.13. The number of hydrogen-bond donors (Lipinski definition) is 4. The molecule has 2 aromatic heterocycles. The SMILES string of the molecule is COc1cc(N)c(C=N)cc1Nc1ncnc2[nH]cc(F)c12. The van der Waals surface area contributed by atoms with E-state index in [2.05, 4.69) is 20.3 Å². The van der Waals surface area contributed by atoms with Gasteiger partial charge in [0.2, 0.25) is 0 Å². The van der Waals surface area contributed by atoms with Gasteiger partial charge in [-0.2, -0.15) is 0 Å². The summed E-state index contributed by atoms with van der Waals surface area (Å²) in [6, 6.07) is 3.23. The Bertz CT molecular complexity index is 860. The van der Waals surface area contributed by atoms with E-state index in [4.69, 9.17) is 15.9 Å². The van der Waals surface area contributed by atoms with Crippen molar-refractivity contribution < 1.29 is 9.13 Å². The highest BCUT2D eigenvalue weighted by Crippen LogP contribution is 2.33. The number of hydrogen-bond acceptors (Lipinski definition) is 6. The molecule has 0 atom stereocenters. The number of nitrogens with two attached hydrogens (primary N) is 1. The Morgan fingerprint density at radius 3 is 2.95 bits per heavy atom. The van der Waals surface area contributed by atoms with E-state index >= 15 is 0 Å². The van der Waals surface area contributed by atoms with Crippen LogP contribution in [0.1, 0.15) is 5.56 Å². The molecule has 3 aromatic rings. The molecule has 22 heavy (non-hydrogen) atoms. The summed E-state index contributed by atoms with van der Waals surface area (Å²) in [7, 11) is 1.50. The topological polar surface area (TPSA) is 113 Å². The minimum atomic E-state index is -0.459. The fraction of sp³-hybridized carbons (Fsp3) is 0.0714.